The minimum atomic E-state index is -1.71. The molecule has 30 heavy (non-hydrogen) atoms. The average molecular weight is 432 g/mol. The number of carbonyl (C=O) groups excluding carboxylic acids is 1. The molecule has 1 saturated heterocycles. The molecule has 168 valence electrons. The molecular weight excluding hydrogens is 408 g/mol. The van der Waals surface area contributed by atoms with Gasteiger partial charge in [-0.15, -0.1) is 0 Å². The van der Waals surface area contributed by atoms with E-state index in [0.29, 0.717) is 5.57 Å². The van der Waals surface area contributed by atoms with Crippen LogP contribution in [-0.2, 0) is 28.5 Å². The summed E-state index contributed by atoms with van der Waals surface area (Å²) >= 11 is 0. The summed E-state index contributed by atoms with van der Waals surface area (Å²) in [6.45, 7) is 0.269. The van der Waals surface area contributed by atoms with Gasteiger partial charge < -0.3 is 49.6 Å². The standard InChI is InChI=1S/C18H24O12/c1-6(20)27-4-7-2-9(21)12-8(16(25)26)5-28-17(11(7)12)30-18-15(24)14(23)13(22)10(3-19)29-18/h2,5,9-15,17-19,21-24H,3-4H2,1H3,(H,25,26)/t9-,10+,11+,12-,13+,14-,15+,17?,18-/m0/s1. The molecule has 0 bridgehead atoms. The highest BCUT2D eigenvalue weighted by molar-refractivity contribution is 5.87. The first-order valence-electron chi connectivity index (χ1n) is 9.22. The van der Waals surface area contributed by atoms with E-state index in [1.54, 1.807) is 0 Å². The number of esters is 1. The van der Waals surface area contributed by atoms with Crippen LogP contribution in [0.2, 0.25) is 0 Å². The van der Waals surface area contributed by atoms with Crippen molar-refractivity contribution >= 4 is 11.9 Å². The second-order valence-corrected chi connectivity index (χ2v) is 7.28. The number of ether oxygens (including phenoxy) is 4. The van der Waals surface area contributed by atoms with Gasteiger partial charge in [-0.25, -0.2) is 4.79 Å². The van der Waals surface area contributed by atoms with Crippen LogP contribution in [0.5, 0.6) is 0 Å². The van der Waals surface area contributed by atoms with Crippen LogP contribution in [0, 0.1) is 11.8 Å². The fourth-order valence-electron chi connectivity index (χ4n) is 3.85. The second kappa shape index (κ2) is 8.98. The monoisotopic (exact) mass is 432 g/mol. The minimum absolute atomic E-state index is 0.227. The molecule has 0 spiro atoms. The number of carbonyl (C=O) groups is 2. The quantitative estimate of drug-likeness (QED) is 0.187. The molecule has 3 rings (SSSR count). The Morgan fingerprint density at radius 1 is 1.07 bits per heavy atom. The fourth-order valence-corrected chi connectivity index (χ4v) is 3.85. The predicted molar refractivity (Wildman–Crippen MR) is 93.1 cm³/mol. The highest BCUT2D eigenvalue weighted by Crippen LogP contribution is 2.44. The van der Waals surface area contributed by atoms with Crippen LogP contribution in [0.15, 0.2) is 23.5 Å². The molecule has 12 heteroatoms. The third-order valence-corrected chi connectivity index (χ3v) is 5.36. The lowest BCUT2D eigenvalue weighted by Crippen LogP contribution is -2.60. The Bertz CT molecular complexity index is 731. The van der Waals surface area contributed by atoms with E-state index in [4.69, 9.17) is 18.9 Å². The van der Waals surface area contributed by atoms with E-state index in [9.17, 15) is 40.2 Å². The van der Waals surface area contributed by atoms with Gasteiger partial charge in [0.2, 0.25) is 6.29 Å². The van der Waals surface area contributed by atoms with Crippen molar-refractivity contribution < 1.29 is 59.2 Å². The van der Waals surface area contributed by atoms with Gasteiger partial charge in [0.05, 0.1) is 30.5 Å². The minimum Gasteiger partial charge on any atom is -0.478 e. The van der Waals surface area contributed by atoms with Gasteiger partial charge in [0.15, 0.2) is 6.29 Å². The molecule has 6 N–H and O–H groups in total. The van der Waals surface area contributed by atoms with Gasteiger partial charge >= 0.3 is 11.9 Å². The number of hydrogen-bond acceptors (Lipinski definition) is 11. The molecule has 2 heterocycles. The molecule has 0 aromatic heterocycles. The van der Waals surface area contributed by atoms with Crippen molar-refractivity contribution in [3.05, 3.63) is 23.5 Å². The van der Waals surface area contributed by atoms with Crippen LogP contribution in [0.25, 0.3) is 0 Å². The third-order valence-electron chi connectivity index (χ3n) is 5.36. The maximum atomic E-state index is 11.6. The summed E-state index contributed by atoms with van der Waals surface area (Å²) < 4.78 is 21.3. The van der Waals surface area contributed by atoms with E-state index < -0.39 is 73.5 Å². The van der Waals surface area contributed by atoms with Gasteiger partial charge in [-0.3, -0.25) is 4.79 Å². The zero-order chi connectivity index (χ0) is 22.2. The van der Waals surface area contributed by atoms with Crippen molar-refractivity contribution in [2.45, 2.75) is 50.0 Å². The fraction of sp³-hybridized carbons (Fsp3) is 0.667. The SMILES string of the molecule is CC(=O)OCC1=C[C@H](O)[C@@H]2C(C(=O)O)=COC(O[C@@H]3O[C@H](CO)[C@@H](O)[C@H](O)[C@H]3O)[C@H]12. The smallest absolute Gasteiger partial charge is 0.335 e. The Hall–Kier alpha value is -2.06. The number of aliphatic hydroxyl groups is 5. The molecule has 0 aromatic rings. The molecule has 1 fully saturated rings. The summed E-state index contributed by atoms with van der Waals surface area (Å²) in [5, 5.41) is 59.1. The van der Waals surface area contributed by atoms with Gasteiger partial charge in [-0.1, -0.05) is 6.08 Å². The second-order valence-electron chi connectivity index (χ2n) is 7.28. The zero-order valence-electron chi connectivity index (χ0n) is 15.9. The average Bonchev–Trinajstić information content (AvgIpc) is 3.03. The summed E-state index contributed by atoms with van der Waals surface area (Å²) in [6, 6.07) is 0. The zero-order valence-corrected chi connectivity index (χ0v) is 15.9. The largest absolute Gasteiger partial charge is 0.478 e. The van der Waals surface area contributed by atoms with Crippen molar-refractivity contribution in [1.82, 2.24) is 0 Å². The molecule has 12 nitrogen and oxygen atoms in total. The maximum Gasteiger partial charge on any atom is 0.335 e. The Morgan fingerprint density at radius 2 is 1.77 bits per heavy atom. The van der Waals surface area contributed by atoms with Crippen LogP contribution < -0.4 is 0 Å². The van der Waals surface area contributed by atoms with E-state index in [1.807, 2.05) is 0 Å². The Labute approximate surface area is 170 Å². The molecule has 3 aliphatic rings. The molecule has 1 aliphatic carbocycles. The van der Waals surface area contributed by atoms with Crippen molar-refractivity contribution in [1.29, 1.82) is 0 Å². The van der Waals surface area contributed by atoms with Gasteiger partial charge in [-0.2, -0.15) is 0 Å². The van der Waals surface area contributed by atoms with E-state index in [1.165, 1.54) is 13.0 Å². The van der Waals surface area contributed by atoms with Crippen molar-refractivity contribution in [3.8, 4) is 0 Å². The lowest BCUT2D eigenvalue weighted by molar-refractivity contribution is -0.340. The van der Waals surface area contributed by atoms with Crippen LogP contribution in [0.4, 0.5) is 0 Å². The first-order chi connectivity index (χ1) is 14.1. The van der Waals surface area contributed by atoms with Crippen molar-refractivity contribution in [2.24, 2.45) is 11.8 Å². The Balaban J connectivity index is 1.85. The van der Waals surface area contributed by atoms with Crippen LogP contribution >= 0.6 is 0 Å². The normalized spacial score (nSPS) is 40.7. The van der Waals surface area contributed by atoms with Gasteiger partial charge in [0, 0.05) is 12.8 Å². The number of hydrogen-bond donors (Lipinski definition) is 6. The number of rotatable bonds is 6. The number of aliphatic carboxylic acids is 1. The van der Waals surface area contributed by atoms with Gasteiger partial charge in [0.1, 0.15) is 31.0 Å². The Kier molecular flexibility index (Phi) is 6.77. The van der Waals surface area contributed by atoms with Crippen LogP contribution in [0.1, 0.15) is 6.92 Å². The molecule has 2 aliphatic heterocycles. The van der Waals surface area contributed by atoms with Crippen LogP contribution in [-0.4, -0.2) is 98.9 Å². The van der Waals surface area contributed by atoms with E-state index in [2.05, 4.69) is 0 Å². The molecule has 0 radical (unpaired) electrons. The highest BCUT2D eigenvalue weighted by atomic mass is 16.8. The molecule has 9 atom stereocenters. The third kappa shape index (κ3) is 4.21. The molecular formula is C18H24O12. The molecule has 0 saturated carbocycles. The molecule has 0 aromatic carbocycles. The number of fused-ring (bicyclic) bond motifs is 1. The molecule has 1 unspecified atom stereocenters. The number of aliphatic hydroxyl groups excluding tert-OH is 5. The van der Waals surface area contributed by atoms with Crippen LogP contribution in [0.3, 0.4) is 0 Å². The first-order valence-corrected chi connectivity index (χ1v) is 9.22. The Morgan fingerprint density at radius 3 is 2.37 bits per heavy atom. The summed E-state index contributed by atoms with van der Waals surface area (Å²) in [4.78, 5) is 22.7. The first kappa shape index (κ1) is 22.6. The van der Waals surface area contributed by atoms with Gasteiger partial charge in [0.25, 0.3) is 0 Å². The van der Waals surface area contributed by atoms with Crippen molar-refractivity contribution in [2.75, 3.05) is 13.2 Å². The summed E-state index contributed by atoms with van der Waals surface area (Å²) in [5.74, 6) is -3.82. The highest BCUT2D eigenvalue weighted by Gasteiger charge is 2.52. The van der Waals surface area contributed by atoms with E-state index in [-0.39, 0.29) is 12.2 Å². The number of carboxylic acids is 1. The van der Waals surface area contributed by atoms with Crippen molar-refractivity contribution in [3.63, 3.8) is 0 Å². The number of carboxylic acid groups (broad SMARTS) is 1. The lowest BCUT2D eigenvalue weighted by atomic mass is 9.82. The van der Waals surface area contributed by atoms with E-state index in [0.717, 1.165) is 6.26 Å². The predicted octanol–water partition coefficient (Wildman–Crippen LogP) is -2.78. The summed E-state index contributed by atoms with van der Waals surface area (Å²) in [5.41, 5.74) is 0.111. The molecule has 0 amide bonds. The maximum absolute atomic E-state index is 11.6. The topological polar surface area (TPSA) is 192 Å². The van der Waals surface area contributed by atoms with Gasteiger partial charge in [-0.05, 0) is 5.57 Å². The van der Waals surface area contributed by atoms with E-state index >= 15 is 0 Å². The lowest BCUT2D eigenvalue weighted by Gasteiger charge is -2.43. The summed E-state index contributed by atoms with van der Waals surface area (Å²) in [6.07, 6.45) is -8.01. The summed E-state index contributed by atoms with van der Waals surface area (Å²) in [7, 11) is 0.